The molecular formula is C9H15NO4. The largest absolute Gasteiger partial charge is 0.444 e. The Morgan fingerprint density at radius 3 is 2.71 bits per heavy atom. The van der Waals surface area contributed by atoms with Crippen LogP contribution in [0.5, 0.6) is 0 Å². The number of amides is 1. The number of hydrogen-bond donors (Lipinski definition) is 0. The van der Waals surface area contributed by atoms with Gasteiger partial charge in [0.15, 0.2) is 0 Å². The molecule has 0 bridgehead atoms. The van der Waals surface area contributed by atoms with Crippen molar-refractivity contribution >= 4 is 12.4 Å². The smallest absolute Gasteiger partial charge is 0.412 e. The molecule has 0 N–H and O–H groups in total. The van der Waals surface area contributed by atoms with E-state index in [1.807, 2.05) is 0 Å². The van der Waals surface area contributed by atoms with E-state index in [0.29, 0.717) is 6.29 Å². The number of carbonyl (C=O) groups excluding carboxylic acids is 2. The van der Waals surface area contributed by atoms with Crippen LogP contribution in [0.3, 0.4) is 0 Å². The van der Waals surface area contributed by atoms with E-state index in [4.69, 9.17) is 9.47 Å². The molecule has 0 aromatic carbocycles. The second-order valence-corrected chi connectivity index (χ2v) is 4.15. The third kappa shape index (κ3) is 2.70. The zero-order valence-corrected chi connectivity index (χ0v) is 8.65. The van der Waals surface area contributed by atoms with Crippen molar-refractivity contribution in [3.8, 4) is 0 Å². The molecule has 1 fully saturated rings. The monoisotopic (exact) mass is 201 g/mol. The van der Waals surface area contributed by atoms with Crippen LogP contribution in [0.4, 0.5) is 4.79 Å². The van der Waals surface area contributed by atoms with Gasteiger partial charge in [-0.25, -0.2) is 4.79 Å². The Morgan fingerprint density at radius 2 is 2.21 bits per heavy atom. The highest BCUT2D eigenvalue weighted by Crippen LogP contribution is 2.14. The van der Waals surface area contributed by atoms with Gasteiger partial charge in [-0.3, -0.25) is 4.90 Å². The Balaban J connectivity index is 2.56. The Labute approximate surface area is 83.0 Å². The number of rotatable bonds is 1. The van der Waals surface area contributed by atoms with Gasteiger partial charge in [0, 0.05) is 0 Å². The van der Waals surface area contributed by atoms with E-state index in [9.17, 15) is 9.59 Å². The van der Waals surface area contributed by atoms with Crippen molar-refractivity contribution in [2.75, 3.05) is 13.3 Å². The molecule has 1 heterocycles. The highest BCUT2D eigenvalue weighted by atomic mass is 16.6. The molecule has 1 amide bonds. The summed E-state index contributed by atoms with van der Waals surface area (Å²) in [6.07, 6.45) is 0.184. The number of hydrogen-bond acceptors (Lipinski definition) is 4. The maximum Gasteiger partial charge on any atom is 0.412 e. The second-order valence-electron chi connectivity index (χ2n) is 4.15. The average Bonchev–Trinajstić information content (AvgIpc) is 2.47. The molecule has 0 aliphatic carbocycles. The fraction of sp³-hybridized carbons (Fsp3) is 0.778. The van der Waals surface area contributed by atoms with Crippen LogP contribution >= 0.6 is 0 Å². The van der Waals surface area contributed by atoms with E-state index in [-0.39, 0.29) is 13.3 Å². The summed E-state index contributed by atoms with van der Waals surface area (Å²) in [5.41, 5.74) is -0.549. The summed E-state index contributed by atoms with van der Waals surface area (Å²) in [6, 6.07) is -0.509. The van der Waals surface area contributed by atoms with Crippen LogP contribution in [0.15, 0.2) is 0 Å². The van der Waals surface area contributed by atoms with Crippen LogP contribution < -0.4 is 0 Å². The first-order valence-electron chi connectivity index (χ1n) is 4.47. The Hall–Kier alpha value is -1.10. The molecule has 0 unspecified atom stereocenters. The molecular weight excluding hydrogens is 186 g/mol. The van der Waals surface area contributed by atoms with Crippen LogP contribution in [0, 0.1) is 0 Å². The zero-order valence-electron chi connectivity index (χ0n) is 8.65. The summed E-state index contributed by atoms with van der Waals surface area (Å²) >= 11 is 0. The molecule has 14 heavy (non-hydrogen) atoms. The lowest BCUT2D eigenvalue weighted by molar-refractivity contribution is -0.111. The number of nitrogens with zero attached hydrogens (tertiary/aromatic N) is 1. The van der Waals surface area contributed by atoms with Crippen molar-refractivity contribution in [1.29, 1.82) is 0 Å². The first-order valence-corrected chi connectivity index (χ1v) is 4.47. The normalized spacial score (nSPS) is 22.2. The third-order valence-corrected chi connectivity index (χ3v) is 1.70. The van der Waals surface area contributed by atoms with E-state index in [1.165, 1.54) is 4.90 Å². The number of carbonyl (C=O) groups is 2. The van der Waals surface area contributed by atoms with Crippen LogP contribution in [0.2, 0.25) is 0 Å². The van der Waals surface area contributed by atoms with Crippen LogP contribution in [0.1, 0.15) is 20.8 Å². The first-order chi connectivity index (χ1) is 6.44. The van der Waals surface area contributed by atoms with E-state index >= 15 is 0 Å². The molecule has 1 aliphatic heterocycles. The average molecular weight is 201 g/mol. The molecule has 1 saturated heterocycles. The predicted octanol–water partition coefficient (Wildman–Crippen LogP) is 0.779. The quantitative estimate of drug-likeness (QED) is 0.588. The summed E-state index contributed by atoms with van der Waals surface area (Å²) in [4.78, 5) is 23.3. The maximum atomic E-state index is 11.5. The maximum absolute atomic E-state index is 11.5. The minimum absolute atomic E-state index is 0.123. The van der Waals surface area contributed by atoms with Gasteiger partial charge in [-0.15, -0.1) is 0 Å². The molecule has 5 heteroatoms. The molecule has 0 aromatic rings. The van der Waals surface area contributed by atoms with Gasteiger partial charge in [-0.1, -0.05) is 0 Å². The molecule has 1 aliphatic rings. The summed E-state index contributed by atoms with van der Waals surface area (Å²) in [5.74, 6) is 0. The zero-order chi connectivity index (χ0) is 10.8. The molecule has 1 atom stereocenters. The first kappa shape index (κ1) is 11.0. The lowest BCUT2D eigenvalue weighted by atomic mass is 10.2. The molecule has 1 rings (SSSR count). The molecule has 80 valence electrons. The lowest BCUT2D eigenvalue weighted by Gasteiger charge is -2.25. The molecule has 0 saturated carbocycles. The minimum atomic E-state index is -0.549. The highest BCUT2D eigenvalue weighted by molar-refractivity contribution is 5.74. The van der Waals surface area contributed by atoms with Crippen LogP contribution in [-0.2, 0) is 14.3 Å². The lowest BCUT2D eigenvalue weighted by Crippen LogP contribution is -2.41. The fourth-order valence-electron chi connectivity index (χ4n) is 1.08. The van der Waals surface area contributed by atoms with Crippen molar-refractivity contribution in [3.63, 3.8) is 0 Å². The summed E-state index contributed by atoms with van der Waals surface area (Å²) < 4.78 is 10.1. The van der Waals surface area contributed by atoms with Crippen LogP contribution in [-0.4, -0.2) is 42.3 Å². The topological polar surface area (TPSA) is 55.8 Å². The fourth-order valence-corrected chi connectivity index (χ4v) is 1.08. The van der Waals surface area contributed by atoms with Gasteiger partial charge in [0.25, 0.3) is 0 Å². The number of ether oxygens (including phenoxy) is 2. The van der Waals surface area contributed by atoms with Crippen LogP contribution in [0.25, 0.3) is 0 Å². The van der Waals surface area contributed by atoms with E-state index < -0.39 is 17.7 Å². The minimum Gasteiger partial charge on any atom is -0.444 e. The van der Waals surface area contributed by atoms with Crippen molar-refractivity contribution in [2.24, 2.45) is 0 Å². The van der Waals surface area contributed by atoms with Gasteiger partial charge in [0.2, 0.25) is 0 Å². The Bertz CT molecular complexity index is 233. The van der Waals surface area contributed by atoms with Gasteiger partial charge in [-0.05, 0) is 20.8 Å². The van der Waals surface area contributed by atoms with E-state index in [2.05, 4.69) is 0 Å². The van der Waals surface area contributed by atoms with Crippen molar-refractivity contribution in [2.45, 2.75) is 32.4 Å². The summed E-state index contributed by atoms with van der Waals surface area (Å²) in [7, 11) is 0. The van der Waals surface area contributed by atoms with Gasteiger partial charge in [0.05, 0.1) is 6.61 Å². The Kier molecular flexibility index (Phi) is 3.10. The van der Waals surface area contributed by atoms with Gasteiger partial charge >= 0.3 is 6.09 Å². The highest BCUT2D eigenvalue weighted by Gasteiger charge is 2.32. The van der Waals surface area contributed by atoms with Gasteiger partial charge in [-0.2, -0.15) is 0 Å². The molecule has 0 spiro atoms. The summed E-state index contributed by atoms with van der Waals surface area (Å²) in [6.45, 7) is 5.70. The second kappa shape index (κ2) is 3.96. The van der Waals surface area contributed by atoms with Crippen molar-refractivity contribution in [3.05, 3.63) is 0 Å². The van der Waals surface area contributed by atoms with Gasteiger partial charge in [0.1, 0.15) is 24.7 Å². The SMILES string of the molecule is CC(C)(C)OC(=O)N1COC[C@H]1C=O. The summed E-state index contributed by atoms with van der Waals surface area (Å²) in [5, 5.41) is 0. The molecule has 0 radical (unpaired) electrons. The van der Waals surface area contributed by atoms with Gasteiger partial charge < -0.3 is 14.3 Å². The number of aldehydes is 1. The molecule has 0 aromatic heterocycles. The van der Waals surface area contributed by atoms with Crippen molar-refractivity contribution < 1.29 is 19.1 Å². The Morgan fingerprint density at radius 1 is 1.57 bits per heavy atom. The van der Waals surface area contributed by atoms with E-state index in [1.54, 1.807) is 20.8 Å². The standard InChI is InChI=1S/C9H15NO4/c1-9(2,3)14-8(12)10-6-13-5-7(10)4-11/h4,7H,5-6H2,1-3H3/t7-/m1/s1. The van der Waals surface area contributed by atoms with E-state index in [0.717, 1.165) is 0 Å². The molecule has 5 nitrogen and oxygen atoms in total. The third-order valence-electron chi connectivity index (χ3n) is 1.70. The van der Waals surface area contributed by atoms with Crippen molar-refractivity contribution in [1.82, 2.24) is 4.90 Å². The predicted molar refractivity (Wildman–Crippen MR) is 48.7 cm³/mol.